The first-order chi connectivity index (χ1) is 16.6. The van der Waals surface area contributed by atoms with Crippen molar-refractivity contribution in [2.24, 2.45) is 5.92 Å². The molecule has 0 unspecified atom stereocenters. The zero-order chi connectivity index (χ0) is 24.3. The summed E-state index contributed by atoms with van der Waals surface area (Å²) in [6.07, 6.45) is 14.2. The molecule has 1 aliphatic carbocycles. The summed E-state index contributed by atoms with van der Waals surface area (Å²) in [6, 6.07) is 14.8. The average molecular weight is 458 g/mol. The third-order valence-electron chi connectivity index (χ3n) is 6.99. The quantitative estimate of drug-likeness (QED) is 0.356. The fraction of sp³-hybridized carbons (Fsp3) is 0.467. The zero-order valence-electron chi connectivity index (χ0n) is 21.0. The molecule has 0 saturated heterocycles. The van der Waals surface area contributed by atoms with Gasteiger partial charge in [0.25, 0.3) is 5.91 Å². The molecule has 4 rings (SSSR count). The molecule has 2 aromatic carbocycles. The van der Waals surface area contributed by atoms with E-state index in [0.29, 0.717) is 17.0 Å². The monoisotopic (exact) mass is 457 g/mol. The molecule has 0 bridgehead atoms. The highest BCUT2D eigenvalue weighted by atomic mass is 16.1. The van der Waals surface area contributed by atoms with Crippen LogP contribution in [0.2, 0.25) is 0 Å². The Bertz CT molecular complexity index is 1100. The Balaban J connectivity index is 0.000000396. The number of nitrogens with zero attached hydrogens (tertiary/aromatic N) is 1. The number of aromatic nitrogens is 1. The highest BCUT2D eigenvalue weighted by Crippen LogP contribution is 2.33. The van der Waals surface area contributed by atoms with Crippen LogP contribution >= 0.6 is 0 Å². The van der Waals surface area contributed by atoms with Crippen molar-refractivity contribution in [3.8, 4) is 6.07 Å². The van der Waals surface area contributed by atoms with Gasteiger partial charge in [-0.05, 0) is 66.6 Å². The van der Waals surface area contributed by atoms with Crippen molar-refractivity contribution >= 4 is 22.5 Å². The number of anilines is 1. The van der Waals surface area contributed by atoms with Crippen molar-refractivity contribution in [3.63, 3.8) is 0 Å². The van der Waals surface area contributed by atoms with Crippen LogP contribution in [-0.4, -0.2) is 10.9 Å². The zero-order valence-corrected chi connectivity index (χ0v) is 21.0. The van der Waals surface area contributed by atoms with E-state index in [0.717, 1.165) is 30.0 Å². The van der Waals surface area contributed by atoms with Crippen molar-refractivity contribution < 1.29 is 4.79 Å². The van der Waals surface area contributed by atoms with Gasteiger partial charge in [-0.25, -0.2) is 0 Å². The second-order valence-corrected chi connectivity index (χ2v) is 9.48. The summed E-state index contributed by atoms with van der Waals surface area (Å²) in [7, 11) is 0. The summed E-state index contributed by atoms with van der Waals surface area (Å²) in [6.45, 7) is 6.74. The Hall–Kier alpha value is -3.06. The molecule has 1 saturated carbocycles. The first kappa shape index (κ1) is 25.6. The van der Waals surface area contributed by atoms with Gasteiger partial charge < -0.3 is 10.3 Å². The topological polar surface area (TPSA) is 68.7 Å². The summed E-state index contributed by atoms with van der Waals surface area (Å²) >= 11 is 0. The largest absolute Gasteiger partial charge is 0.361 e. The number of H-pyrrole nitrogens is 1. The van der Waals surface area contributed by atoms with Crippen LogP contribution in [0.25, 0.3) is 10.9 Å². The third kappa shape index (κ3) is 6.73. The van der Waals surface area contributed by atoms with Crippen LogP contribution in [0.3, 0.4) is 0 Å². The van der Waals surface area contributed by atoms with E-state index in [1.165, 1.54) is 55.9 Å². The lowest BCUT2D eigenvalue weighted by atomic mass is 9.90. The highest BCUT2D eigenvalue weighted by molar-refractivity contribution is 6.05. The minimum atomic E-state index is -0.206. The molecule has 0 aliphatic heterocycles. The van der Waals surface area contributed by atoms with Gasteiger partial charge in [0.05, 0.1) is 11.6 Å². The SMILES string of the molecule is CCC1CCCC1.CCCC(CCC)c1c[nH]c2ccc(NC(=O)c3cccc(C#N)c3)cc12. The van der Waals surface area contributed by atoms with Crippen molar-refractivity contribution in [2.45, 2.75) is 84.5 Å². The van der Waals surface area contributed by atoms with Gasteiger partial charge in [-0.2, -0.15) is 5.26 Å². The number of aromatic amines is 1. The van der Waals surface area contributed by atoms with Crippen LogP contribution in [-0.2, 0) is 0 Å². The minimum absolute atomic E-state index is 0.206. The summed E-state index contributed by atoms with van der Waals surface area (Å²) in [5.74, 6) is 1.43. The molecule has 4 heteroatoms. The van der Waals surface area contributed by atoms with E-state index in [2.05, 4.69) is 43.3 Å². The van der Waals surface area contributed by atoms with E-state index in [1.807, 2.05) is 18.2 Å². The van der Waals surface area contributed by atoms with Gasteiger partial charge in [-0.15, -0.1) is 0 Å². The van der Waals surface area contributed by atoms with Crippen molar-refractivity contribution in [2.75, 3.05) is 5.32 Å². The number of carbonyl (C=O) groups excluding carboxylic acids is 1. The molecule has 180 valence electrons. The summed E-state index contributed by atoms with van der Waals surface area (Å²) < 4.78 is 0. The average Bonchev–Trinajstić information content (AvgIpc) is 3.54. The molecule has 1 fully saturated rings. The lowest BCUT2D eigenvalue weighted by Gasteiger charge is -2.15. The van der Waals surface area contributed by atoms with Crippen LogP contribution in [0.15, 0.2) is 48.7 Å². The first-order valence-corrected chi connectivity index (χ1v) is 13.0. The number of nitrogens with one attached hydrogen (secondary N) is 2. The molecule has 34 heavy (non-hydrogen) atoms. The van der Waals surface area contributed by atoms with Gasteiger partial charge in [0.1, 0.15) is 0 Å². The highest BCUT2D eigenvalue weighted by Gasteiger charge is 2.16. The summed E-state index contributed by atoms with van der Waals surface area (Å²) in [5.41, 5.74) is 4.15. The van der Waals surface area contributed by atoms with E-state index in [9.17, 15) is 4.79 Å². The van der Waals surface area contributed by atoms with Crippen LogP contribution in [0.1, 0.15) is 106 Å². The molecular formula is C30H39N3O. The first-order valence-electron chi connectivity index (χ1n) is 13.0. The van der Waals surface area contributed by atoms with Crippen LogP contribution in [0, 0.1) is 17.2 Å². The van der Waals surface area contributed by atoms with Gasteiger partial charge in [-0.3, -0.25) is 4.79 Å². The number of carbonyl (C=O) groups is 1. The minimum Gasteiger partial charge on any atom is -0.361 e. The van der Waals surface area contributed by atoms with Crippen molar-refractivity contribution in [1.82, 2.24) is 4.98 Å². The number of rotatable bonds is 8. The number of nitriles is 1. The Morgan fingerprint density at radius 3 is 2.44 bits per heavy atom. The van der Waals surface area contributed by atoms with Crippen molar-refractivity contribution in [1.29, 1.82) is 5.26 Å². The fourth-order valence-electron chi connectivity index (χ4n) is 5.06. The summed E-state index contributed by atoms with van der Waals surface area (Å²) in [4.78, 5) is 15.9. The number of hydrogen-bond acceptors (Lipinski definition) is 2. The van der Waals surface area contributed by atoms with Gasteiger partial charge in [0, 0.05) is 28.4 Å². The van der Waals surface area contributed by atoms with Gasteiger partial charge in [0.15, 0.2) is 0 Å². The second-order valence-electron chi connectivity index (χ2n) is 9.48. The number of hydrogen-bond donors (Lipinski definition) is 2. The number of amides is 1. The Labute approximate surface area is 204 Å². The van der Waals surface area contributed by atoms with Crippen LogP contribution in [0.4, 0.5) is 5.69 Å². The van der Waals surface area contributed by atoms with E-state index < -0.39 is 0 Å². The number of fused-ring (bicyclic) bond motifs is 1. The van der Waals surface area contributed by atoms with Gasteiger partial charge in [0.2, 0.25) is 0 Å². The second kappa shape index (κ2) is 13.0. The van der Waals surface area contributed by atoms with E-state index >= 15 is 0 Å². The van der Waals surface area contributed by atoms with E-state index in [-0.39, 0.29) is 5.91 Å². The molecule has 0 radical (unpaired) electrons. The molecule has 1 aromatic heterocycles. The lowest BCUT2D eigenvalue weighted by molar-refractivity contribution is 0.102. The van der Waals surface area contributed by atoms with Gasteiger partial charge >= 0.3 is 0 Å². The van der Waals surface area contributed by atoms with E-state index in [1.54, 1.807) is 24.3 Å². The summed E-state index contributed by atoms with van der Waals surface area (Å²) in [5, 5.41) is 13.1. The smallest absolute Gasteiger partial charge is 0.255 e. The van der Waals surface area contributed by atoms with Crippen LogP contribution < -0.4 is 5.32 Å². The Kier molecular flexibility index (Phi) is 9.76. The predicted octanol–water partition coefficient (Wildman–Crippen LogP) is 8.56. The Morgan fingerprint density at radius 1 is 1.09 bits per heavy atom. The lowest BCUT2D eigenvalue weighted by Crippen LogP contribution is -2.11. The molecule has 4 nitrogen and oxygen atoms in total. The fourth-order valence-corrected chi connectivity index (χ4v) is 5.06. The third-order valence-corrected chi connectivity index (χ3v) is 6.99. The molecular weight excluding hydrogens is 418 g/mol. The maximum atomic E-state index is 12.6. The predicted molar refractivity (Wildman–Crippen MR) is 142 cm³/mol. The van der Waals surface area contributed by atoms with Crippen LogP contribution in [0.5, 0.6) is 0 Å². The normalized spacial score (nSPS) is 13.5. The molecule has 0 atom stereocenters. The molecule has 1 aliphatic rings. The molecule has 1 heterocycles. The van der Waals surface area contributed by atoms with Crippen molar-refractivity contribution in [3.05, 3.63) is 65.4 Å². The standard InChI is InChI=1S/C23H25N3O.C7H14/c1-3-6-17(7-4-2)21-15-25-22-11-10-19(13-20(21)22)26-23(27)18-9-5-8-16(12-18)14-24;1-2-7-5-3-4-6-7/h5,8-13,15,17,25H,3-4,6-7H2,1-2H3,(H,26,27);7H,2-6H2,1H3. The van der Waals surface area contributed by atoms with E-state index in [4.69, 9.17) is 5.26 Å². The number of benzene rings is 2. The Morgan fingerprint density at radius 2 is 1.82 bits per heavy atom. The molecule has 3 aromatic rings. The van der Waals surface area contributed by atoms with Gasteiger partial charge in [-0.1, -0.05) is 71.8 Å². The molecule has 2 N–H and O–H groups in total. The maximum Gasteiger partial charge on any atom is 0.255 e. The molecule has 1 amide bonds. The maximum absolute atomic E-state index is 12.6. The molecule has 0 spiro atoms.